The molecule has 0 bridgehead atoms. The molecule has 7 nitrogen and oxygen atoms in total. The summed E-state index contributed by atoms with van der Waals surface area (Å²) >= 11 is 0. The van der Waals surface area contributed by atoms with Gasteiger partial charge in [-0.05, 0) is 18.1 Å². The minimum Gasteiger partial charge on any atom is -0.507 e. The lowest BCUT2D eigenvalue weighted by atomic mass is 10.1. The van der Waals surface area contributed by atoms with Crippen molar-refractivity contribution in [2.45, 2.75) is 13.5 Å². The van der Waals surface area contributed by atoms with E-state index in [9.17, 15) is 20.0 Å². The van der Waals surface area contributed by atoms with Crippen LogP contribution in [0.15, 0.2) is 36.4 Å². The minimum atomic E-state index is -1.45. The maximum absolute atomic E-state index is 11.0. The molecule has 7 heteroatoms. The lowest BCUT2D eigenvalue weighted by Gasteiger charge is -2.10. The molecule has 0 unspecified atom stereocenters. The lowest BCUT2D eigenvalue weighted by molar-refractivity contribution is -0.386. The summed E-state index contributed by atoms with van der Waals surface area (Å²) in [4.78, 5) is 21.2. The highest BCUT2D eigenvalue weighted by Crippen LogP contribution is 2.34. The van der Waals surface area contributed by atoms with Crippen LogP contribution in [-0.2, 0) is 6.61 Å². The number of nitrogens with zero attached hydrogens (tertiary/aromatic N) is 1. The molecule has 0 fully saturated rings. The summed E-state index contributed by atoms with van der Waals surface area (Å²) in [7, 11) is 0. The Morgan fingerprint density at radius 3 is 2.59 bits per heavy atom. The van der Waals surface area contributed by atoms with Crippen molar-refractivity contribution in [3.63, 3.8) is 0 Å². The zero-order valence-corrected chi connectivity index (χ0v) is 11.6. The van der Waals surface area contributed by atoms with E-state index in [2.05, 4.69) is 0 Å². The molecule has 2 rings (SSSR count). The predicted octanol–water partition coefficient (Wildman–Crippen LogP) is 2.89. The van der Waals surface area contributed by atoms with Crippen LogP contribution in [0, 0.1) is 17.0 Å². The van der Waals surface area contributed by atoms with Gasteiger partial charge in [-0.15, -0.1) is 0 Å². The van der Waals surface area contributed by atoms with Gasteiger partial charge in [0.05, 0.1) is 4.92 Å². The van der Waals surface area contributed by atoms with Gasteiger partial charge in [0.15, 0.2) is 0 Å². The number of carboxylic acid groups (broad SMARTS) is 1. The summed E-state index contributed by atoms with van der Waals surface area (Å²) < 4.78 is 5.39. The molecule has 0 spiro atoms. The number of nitro benzene ring substituents is 1. The molecule has 2 aromatic carbocycles. The second-order valence-electron chi connectivity index (χ2n) is 4.61. The number of carbonyl (C=O) groups is 1. The molecule has 0 aliphatic rings. The third kappa shape index (κ3) is 3.14. The number of carboxylic acids is 1. The van der Waals surface area contributed by atoms with E-state index in [4.69, 9.17) is 9.84 Å². The van der Waals surface area contributed by atoms with Gasteiger partial charge >= 0.3 is 11.7 Å². The lowest BCUT2D eigenvalue weighted by Crippen LogP contribution is -2.03. The number of benzene rings is 2. The van der Waals surface area contributed by atoms with Crippen LogP contribution in [0.2, 0.25) is 0 Å². The van der Waals surface area contributed by atoms with Crippen molar-refractivity contribution < 1.29 is 24.7 Å². The fraction of sp³-hybridized carbons (Fsp3) is 0.133. The highest BCUT2D eigenvalue weighted by molar-refractivity contribution is 5.92. The van der Waals surface area contributed by atoms with Crippen molar-refractivity contribution in [2.24, 2.45) is 0 Å². The number of aromatic hydroxyl groups is 1. The van der Waals surface area contributed by atoms with Gasteiger partial charge in [-0.2, -0.15) is 0 Å². The van der Waals surface area contributed by atoms with E-state index in [1.54, 1.807) is 0 Å². The fourth-order valence-corrected chi connectivity index (χ4v) is 1.91. The van der Waals surface area contributed by atoms with Crippen molar-refractivity contribution in [1.82, 2.24) is 0 Å². The van der Waals surface area contributed by atoms with Gasteiger partial charge in [0.25, 0.3) is 0 Å². The number of hydrogen-bond donors (Lipinski definition) is 2. The normalized spacial score (nSPS) is 10.2. The summed E-state index contributed by atoms with van der Waals surface area (Å²) in [5.41, 5.74) is 0.730. The van der Waals surface area contributed by atoms with Crippen LogP contribution >= 0.6 is 0 Å². The number of aryl methyl sites for hydroxylation is 1. The van der Waals surface area contributed by atoms with Crippen molar-refractivity contribution in [1.29, 1.82) is 0 Å². The molecule has 22 heavy (non-hydrogen) atoms. The van der Waals surface area contributed by atoms with Crippen LogP contribution in [-0.4, -0.2) is 21.1 Å². The molecular formula is C15H13NO6. The Morgan fingerprint density at radius 2 is 2.00 bits per heavy atom. The topological polar surface area (TPSA) is 110 Å². The van der Waals surface area contributed by atoms with E-state index < -0.39 is 27.9 Å². The third-order valence-corrected chi connectivity index (χ3v) is 3.15. The Bertz CT molecular complexity index is 741. The Labute approximate surface area is 125 Å². The number of phenols is 1. The van der Waals surface area contributed by atoms with Gasteiger partial charge < -0.3 is 14.9 Å². The molecule has 0 aliphatic heterocycles. The standard InChI is InChI=1S/C15H13NO6/c1-9-4-2-3-5-10(9)8-22-14-7-13(17)11(15(18)19)6-12(14)16(20)21/h2-7,17H,8H2,1H3,(H,18,19). The van der Waals surface area contributed by atoms with Crippen molar-refractivity contribution in [2.75, 3.05) is 0 Å². The molecule has 0 aliphatic carbocycles. The summed E-state index contributed by atoms with van der Waals surface area (Å²) in [6, 6.07) is 9.08. The van der Waals surface area contributed by atoms with Crippen LogP contribution in [0.4, 0.5) is 5.69 Å². The minimum absolute atomic E-state index is 0.0688. The van der Waals surface area contributed by atoms with E-state index >= 15 is 0 Å². The van der Waals surface area contributed by atoms with Crippen LogP contribution in [0.5, 0.6) is 11.5 Å². The average Bonchev–Trinajstić information content (AvgIpc) is 2.45. The van der Waals surface area contributed by atoms with E-state index in [0.717, 1.165) is 23.3 Å². The molecule has 114 valence electrons. The Hall–Kier alpha value is -3.09. The van der Waals surface area contributed by atoms with Crippen molar-refractivity contribution >= 4 is 11.7 Å². The third-order valence-electron chi connectivity index (χ3n) is 3.15. The molecule has 2 N–H and O–H groups in total. The molecule has 0 saturated carbocycles. The van der Waals surface area contributed by atoms with E-state index in [1.807, 2.05) is 31.2 Å². The van der Waals surface area contributed by atoms with E-state index in [0.29, 0.717) is 0 Å². The smallest absolute Gasteiger partial charge is 0.339 e. The summed E-state index contributed by atoms with van der Waals surface area (Å²) in [6.07, 6.45) is 0. The van der Waals surface area contributed by atoms with Crippen LogP contribution < -0.4 is 4.74 Å². The monoisotopic (exact) mass is 303 g/mol. The second kappa shape index (κ2) is 6.13. The van der Waals surface area contributed by atoms with Crippen LogP contribution in [0.25, 0.3) is 0 Å². The first-order valence-corrected chi connectivity index (χ1v) is 6.32. The fourth-order valence-electron chi connectivity index (χ4n) is 1.91. The Balaban J connectivity index is 2.34. The highest BCUT2D eigenvalue weighted by atomic mass is 16.6. The first-order valence-electron chi connectivity index (χ1n) is 6.32. The largest absolute Gasteiger partial charge is 0.507 e. The molecule has 2 aromatic rings. The predicted molar refractivity (Wildman–Crippen MR) is 77.2 cm³/mol. The average molecular weight is 303 g/mol. The van der Waals surface area contributed by atoms with Gasteiger partial charge in [-0.1, -0.05) is 24.3 Å². The Kier molecular flexibility index (Phi) is 4.26. The van der Waals surface area contributed by atoms with Crippen molar-refractivity contribution in [3.8, 4) is 11.5 Å². The van der Waals surface area contributed by atoms with Crippen LogP contribution in [0.1, 0.15) is 21.5 Å². The van der Waals surface area contributed by atoms with Gasteiger partial charge in [-0.25, -0.2) is 4.79 Å². The van der Waals surface area contributed by atoms with Crippen molar-refractivity contribution in [3.05, 3.63) is 63.2 Å². The summed E-state index contributed by atoms with van der Waals surface area (Å²) in [5.74, 6) is -2.22. The maximum atomic E-state index is 11.0. The molecular weight excluding hydrogens is 290 g/mol. The van der Waals surface area contributed by atoms with E-state index in [1.165, 1.54) is 0 Å². The SMILES string of the molecule is Cc1ccccc1COc1cc(O)c(C(=O)O)cc1[N+](=O)[O-]. The first kappa shape index (κ1) is 15.3. The summed E-state index contributed by atoms with van der Waals surface area (Å²) in [6.45, 7) is 1.94. The first-order chi connectivity index (χ1) is 10.4. The molecule has 0 atom stereocenters. The number of ether oxygens (including phenoxy) is 1. The molecule has 0 amide bonds. The Morgan fingerprint density at radius 1 is 1.32 bits per heavy atom. The number of hydrogen-bond acceptors (Lipinski definition) is 5. The van der Waals surface area contributed by atoms with Crippen LogP contribution in [0.3, 0.4) is 0 Å². The van der Waals surface area contributed by atoms with Gasteiger partial charge in [0, 0.05) is 12.1 Å². The van der Waals surface area contributed by atoms with Gasteiger partial charge in [0.2, 0.25) is 5.75 Å². The number of nitro groups is 1. The molecule has 0 aromatic heterocycles. The highest BCUT2D eigenvalue weighted by Gasteiger charge is 2.22. The van der Waals surface area contributed by atoms with Gasteiger partial charge in [0.1, 0.15) is 17.9 Å². The second-order valence-corrected chi connectivity index (χ2v) is 4.61. The number of aromatic carboxylic acids is 1. The quantitative estimate of drug-likeness (QED) is 0.649. The summed E-state index contributed by atoms with van der Waals surface area (Å²) in [5, 5.41) is 29.6. The maximum Gasteiger partial charge on any atom is 0.339 e. The molecule has 0 heterocycles. The molecule has 0 radical (unpaired) electrons. The van der Waals surface area contributed by atoms with Gasteiger partial charge in [-0.3, -0.25) is 10.1 Å². The zero-order valence-electron chi connectivity index (χ0n) is 11.6. The molecule has 0 saturated heterocycles. The van der Waals surface area contributed by atoms with E-state index in [-0.39, 0.29) is 12.4 Å². The zero-order chi connectivity index (χ0) is 16.3. The number of rotatable bonds is 5.